The highest BCUT2D eigenvalue weighted by molar-refractivity contribution is 6.26. The normalized spacial score (nSPS) is 11.5. The van der Waals surface area contributed by atoms with Crippen LogP contribution in [-0.2, 0) is 0 Å². The second kappa shape index (κ2) is 12.4. The Bertz CT molecular complexity index is 2840. The van der Waals surface area contributed by atoms with Gasteiger partial charge in [0.15, 0.2) is 0 Å². The average Bonchev–Trinajstić information content (AvgIpc) is 3.61. The van der Waals surface area contributed by atoms with Gasteiger partial charge in [0.1, 0.15) is 5.82 Å². The smallest absolute Gasteiger partial charge is 0.145 e. The van der Waals surface area contributed by atoms with Crippen molar-refractivity contribution in [1.29, 1.82) is 0 Å². The lowest BCUT2D eigenvalue weighted by Crippen LogP contribution is -2.10. The molecule has 0 saturated heterocycles. The van der Waals surface area contributed by atoms with Gasteiger partial charge in [-0.1, -0.05) is 127 Å². The van der Waals surface area contributed by atoms with E-state index < -0.39 is 0 Å². The van der Waals surface area contributed by atoms with E-state index in [-0.39, 0.29) is 0 Å². The summed E-state index contributed by atoms with van der Waals surface area (Å²) in [7, 11) is 0. The number of rotatable bonds is 6. The van der Waals surface area contributed by atoms with E-state index in [1.165, 1.54) is 10.8 Å². The van der Waals surface area contributed by atoms with Crippen LogP contribution in [0.5, 0.6) is 0 Å². The molecule has 0 saturated carbocycles. The van der Waals surface area contributed by atoms with Crippen molar-refractivity contribution in [3.05, 3.63) is 194 Å². The van der Waals surface area contributed by atoms with E-state index in [9.17, 15) is 0 Å². The topological polar surface area (TPSA) is 34.0 Å². The zero-order valence-corrected chi connectivity index (χ0v) is 28.3. The molecule has 0 aliphatic rings. The van der Waals surface area contributed by atoms with Crippen molar-refractivity contribution in [1.82, 2.24) is 14.5 Å². The van der Waals surface area contributed by atoms with Crippen LogP contribution >= 0.6 is 0 Å². The first-order valence-corrected chi connectivity index (χ1v) is 17.6. The Balaban J connectivity index is 1.29. The van der Waals surface area contributed by atoms with E-state index in [1.54, 1.807) is 0 Å². The van der Waals surface area contributed by atoms with Gasteiger partial charge < -0.3 is 4.90 Å². The number of fused-ring (bicyclic) bond motifs is 6. The van der Waals surface area contributed by atoms with Crippen LogP contribution < -0.4 is 4.90 Å². The molecule has 8 aromatic carbocycles. The van der Waals surface area contributed by atoms with Gasteiger partial charge >= 0.3 is 0 Å². The van der Waals surface area contributed by atoms with E-state index >= 15 is 0 Å². The highest BCUT2D eigenvalue weighted by atomic mass is 15.1. The Kier molecular flexibility index (Phi) is 7.10. The highest BCUT2D eigenvalue weighted by Crippen LogP contribution is 2.45. The third-order valence-corrected chi connectivity index (χ3v) is 9.93. The molecule has 244 valence electrons. The van der Waals surface area contributed by atoms with Crippen molar-refractivity contribution in [2.75, 3.05) is 4.90 Å². The lowest BCUT2D eigenvalue weighted by Gasteiger charge is -2.27. The Labute approximate surface area is 301 Å². The van der Waals surface area contributed by atoms with Crippen LogP contribution in [0.4, 0.5) is 17.1 Å². The maximum Gasteiger partial charge on any atom is 0.145 e. The molecular weight excluding hydrogens is 633 g/mol. The molecule has 10 aromatic rings. The molecule has 0 fully saturated rings. The summed E-state index contributed by atoms with van der Waals surface area (Å²) in [5.74, 6) is 0.916. The van der Waals surface area contributed by atoms with Gasteiger partial charge in [-0.3, -0.25) is 4.57 Å². The van der Waals surface area contributed by atoms with Crippen LogP contribution in [0.3, 0.4) is 0 Å². The summed E-state index contributed by atoms with van der Waals surface area (Å²) in [6.45, 7) is 0. The molecule has 0 bridgehead atoms. The minimum Gasteiger partial charge on any atom is -0.310 e. The molecule has 4 heteroatoms. The molecule has 0 radical (unpaired) electrons. The van der Waals surface area contributed by atoms with Crippen LogP contribution in [0.15, 0.2) is 194 Å². The molecule has 0 aliphatic heterocycles. The summed E-state index contributed by atoms with van der Waals surface area (Å²) >= 11 is 0. The largest absolute Gasteiger partial charge is 0.310 e. The molecule has 0 amide bonds. The predicted octanol–water partition coefficient (Wildman–Crippen LogP) is 12.7. The maximum absolute atomic E-state index is 5.41. The molecule has 4 nitrogen and oxygen atoms in total. The number of imidazole rings is 1. The van der Waals surface area contributed by atoms with E-state index in [1.807, 2.05) is 0 Å². The fourth-order valence-corrected chi connectivity index (χ4v) is 7.64. The Morgan fingerprint density at radius 1 is 0.423 bits per heavy atom. The number of anilines is 3. The van der Waals surface area contributed by atoms with Crippen molar-refractivity contribution in [3.8, 4) is 28.3 Å². The van der Waals surface area contributed by atoms with Crippen LogP contribution in [0, 0.1) is 0 Å². The zero-order chi connectivity index (χ0) is 34.4. The van der Waals surface area contributed by atoms with Gasteiger partial charge in [0.25, 0.3) is 0 Å². The first kappa shape index (κ1) is 29.8. The van der Waals surface area contributed by atoms with Gasteiger partial charge in [-0.2, -0.15) is 0 Å². The number of benzene rings is 8. The summed E-state index contributed by atoms with van der Waals surface area (Å²) < 4.78 is 2.26. The highest BCUT2D eigenvalue weighted by Gasteiger charge is 2.21. The van der Waals surface area contributed by atoms with Crippen LogP contribution in [0.25, 0.3) is 71.8 Å². The number of para-hydroxylation sites is 5. The van der Waals surface area contributed by atoms with Gasteiger partial charge in [0.05, 0.1) is 27.9 Å². The summed E-state index contributed by atoms with van der Waals surface area (Å²) in [6, 6.07) is 68.4. The molecular formula is C48H32N4. The van der Waals surface area contributed by atoms with E-state index in [4.69, 9.17) is 9.97 Å². The van der Waals surface area contributed by atoms with Crippen LogP contribution in [0.2, 0.25) is 0 Å². The van der Waals surface area contributed by atoms with Gasteiger partial charge in [0.2, 0.25) is 0 Å². The van der Waals surface area contributed by atoms with Crippen molar-refractivity contribution < 1.29 is 0 Å². The number of nitrogens with zero attached hydrogens (tertiary/aromatic N) is 4. The van der Waals surface area contributed by atoms with Crippen molar-refractivity contribution >= 4 is 60.5 Å². The quantitative estimate of drug-likeness (QED) is 0.166. The number of aromatic nitrogens is 3. The monoisotopic (exact) mass is 664 g/mol. The second-order valence-electron chi connectivity index (χ2n) is 13.0. The van der Waals surface area contributed by atoms with Crippen LogP contribution in [0.1, 0.15) is 0 Å². The first-order valence-electron chi connectivity index (χ1n) is 17.6. The molecule has 10 rings (SSSR count). The fraction of sp³-hybridized carbons (Fsp3) is 0. The van der Waals surface area contributed by atoms with Gasteiger partial charge in [-0.05, 0) is 77.5 Å². The lowest BCUT2D eigenvalue weighted by atomic mass is 9.93. The Morgan fingerprint density at radius 2 is 1.04 bits per heavy atom. The van der Waals surface area contributed by atoms with Crippen molar-refractivity contribution in [3.63, 3.8) is 0 Å². The summed E-state index contributed by atoms with van der Waals surface area (Å²) in [6.07, 6.45) is 0. The SMILES string of the molecule is c1ccc(-c2nc3cccc(N(c4ccccc4)c4ccccc4)c3c3c2ccc2cc(-c4nc5ccccc5n4-c4ccccc4)ccc23)cc1. The lowest BCUT2D eigenvalue weighted by molar-refractivity contribution is 1.10. The molecule has 0 unspecified atom stereocenters. The van der Waals surface area contributed by atoms with Crippen LogP contribution in [-0.4, -0.2) is 14.5 Å². The van der Waals surface area contributed by atoms with Crippen molar-refractivity contribution in [2.45, 2.75) is 0 Å². The van der Waals surface area contributed by atoms with Gasteiger partial charge in [0, 0.05) is 44.3 Å². The molecule has 0 atom stereocenters. The molecule has 0 N–H and O–H groups in total. The number of hydrogen-bond acceptors (Lipinski definition) is 3. The molecule has 2 heterocycles. The number of pyridine rings is 1. The maximum atomic E-state index is 5.41. The number of hydrogen-bond donors (Lipinski definition) is 0. The summed E-state index contributed by atoms with van der Waals surface area (Å²) in [5.41, 5.74) is 10.5. The van der Waals surface area contributed by atoms with Gasteiger partial charge in [-0.25, -0.2) is 9.97 Å². The first-order chi connectivity index (χ1) is 25.8. The second-order valence-corrected chi connectivity index (χ2v) is 13.0. The van der Waals surface area contributed by atoms with Crippen molar-refractivity contribution in [2.24, 2.45) is 0 Å². The molecule has 0 spiro atoms. The standard InChI is InChI=1S/C48H32N4/c1-5-16-33(17-6-1)47-40-31-28-34-32-35(48-50-41-24-13-14-26-43(41)52(48)38-22-11-4-12-23-38)29-30-39(34)45(40)46-42(49-47)25-15-27-44(46)51(36-18-7-2-8-19-36)37-20-9-3-10-21-37/h1-32H. The average molecular weight is 665 g/mol. The molecule has 52 heavy (non-hydrogen) atoms. The van der Waals surface area contributed by atoms with E-state index in [0.29, 0.717) is 0 Å². The Morgan fingerprint density at radius 3 is 1.77 bits per heavy atom. The third kappa shape index (κ3) is 4.92. The van der Waals surface area contributed by atoms with E-state index in [0.717, 1.165) is 78.1 Å². The Hall–Kier alpha value is -7.04. The minimum atomic E-state index is 0.916. The summed E-state index contributed by atoms with van der Waals surface area (Å²) in [5, 5.41) is 5.71. The summed E-state index contributed by atoms with van der Waals surface area (Å²) in [4.78, 5) is 12.9. The van der Waals surface area contributed by atoms with E-state index in [2.05, 4.69) is 204 Å². The predicted molar refractivity (Wildman–Crippen MR) is 217 cm³/mol. The minimum absolute atomic E-state index is 0.916. The fourth-order valence-electron chi connectivity index (χ4n) is 7.64. The van der Waals surface area contributed by atoms with Gasteiger partial charge in [-0.15, -0.1) is 0 Å². The third-order valence-electron chi connectivity index (χ3n) is 9.93. The molecule has 0 aliphatic carbocycles. The molecule has 2 aromatic heterocycles. The zero-order valence-electron chi connectivity index (χ0n) is 28.3.